The van der Waals surface area contributed by atoms with Gasteiger partial charge >= 0.3 is 0 Å². The summed E-state index contributed by atoms with van der Waals surface area (Å²) in [6, 6.07) is 9.47. The van der Waals surface area contributed by atoms with Crippen molar-refractivity contribution in [2.75, 3.05) is 44.0 Å². The summed E-state index contributed by atoms with van der Waals surface area (Å²) in [6.07, 6.45) is 0. The molecule has 1 aromatic carbocycles. The van der Waals surface area contributed by atoms with Crippen LogP contribution in [0.1, 0.15) is 11.4 Å². The van der Waals surface area contributed by atoms with Crippen LogP contribution in [0.4, 0.5) is 11.6 Å². The fraction of sp³-hybridized carbons (Fsp3) is 0.368. The van der Waals surface area contributed by atoms with Crippen LogP contribution in [0.15, 0.2) is 35.3 Å². The van der Waals surface area contributed by atoms with Crippen LogP contribution >= 0.6 is 12.2 Å². The molecule has 3 rings (SSSR count). The van der Waals surface area contributed by atoms with Crippen LogP contribution < -0.4 is 15.4 Å². The lowest BCUT2D eigenvalue weighted by Crippen LogP contribution is -2.45. The number of anilines is 2. The second-order valence-corrected chi connectivity index (χ2v) is 6.65. The molecule has 2 aromatic rings. The number of para-hydroxylation sites is 2. The van der Waals surface area contributed by atoms with Crippen LogP contribution in [0.3, 0.4) is 0 Å². The maximum Gasteiger partial charge on any atom is 0.229 e. The van der Waals surface area contributed by atoms with Gasteiger partial charge in [0.05, 0.1) is 26.0 Å². The van der Waals surface area contributed by atoms with Crippen molar-refractivity contribution in [2.24, 2.45) is 4.99 Å². The monoisotopic (exact) mass is 400 g/mol. The van der Waals surface area contributed by atoms with Crippen LogP contribution in [0.5, 0.6) is 5.75 Å². The Kier molecular flexibility index (Phi) is 6.72. The molecule has 1 aromatic heterocycles. The van der Waals surface area contributed by atoms with Crippen molar-refractivity contribution < 1.29 is 9.47 Å². The molecule has 8 nitrogen and oxygen atoms in total. The molecule has 1 saturated heterocycles. The van der Waals surface area contributed by atoms with Gasteiger partial charge in [0.25, 0.3) is 0 Å². The smallest absolute Gasteiger partial charge is 0.229 e. The van der Waals surface area contributed by atoms with Crippen LogP contribution in [0.25, 0.3) is 0 Å². The van der Waals surface area contributed by atoms with Crippen molar-refractivity contribution in [1.82, 2.24) is 14.9 Å². The van der Waals surface area contributed by atoms with E-state index in [1.54, 1.807) is 7.11 Å². The van der Waals surface area contributed by atoms with E-state index in [9.17, 15) is 0 Å². The second kappa shape index (κ2) is 9.43. The molecular formula is C19H24N6O2S. The Balaban J connectivity index is 1.83. The van der Waals surface area contributed by atoms with E-state index >= 15 is 0 Å². The second-order valence-electron chi connectivity index (χ2n) is 6.26. The summed E-state index contributed by atoms with van der Waals surface area (Å²) >= 11 is 5.46. The largest absolute Gasteiger partial charge is 0.495 e. The number of morpholine rings is 1. The molecule has 0 radical (unpaired) electrons. The lowest BCUT2D eigenvalue weighted by atomic mass is 10.3. The van der Waals surface area contributed by atoms with E-state index in [1.807, 2.05) is 44.2 Å². The highest BCUT2D eigenvalue weighted by Gasteiger charge is 2.18. The fourth-order valence-corrected chi connectivity index (χ4v) is 3.02. The molecule has 9 heteroatoms. The average molecular weight is 401 g/mol. The molecule has 0 bridgehead atoms. The number of hydrogen-bond donors (Lipinski definition) is 2. The number of benzene rings is 1. The minimum atomic E-state index is 0.308. The summed E-state index contributed by atoms with van der Waals surface area (Å²) in [5.41, 5.74) is 2.51. The van der Waals surface area contributed by atoms with Gasteiger partial charge in [-0.3, -0.25) is 5.32 Å². The Morgan fingerprint density at radius 3 is 2.50 bits per heavy atom. The zero-order valence-electron chi connectivity index (χ0n) is 16.2. The third-order valence-electron chi connectivity index (χ3n) is 4.07. The SMILES string of the molecule is COc1ccccc1NC(=S)/N=C(/Nc1nc(C)cc(C)n1)N1CCOCC1. The van der Waals surface area contributed by atoms with Gasteiger partial charge in [0.15, 0.2) is 0 Å². The number of nitrogens with zero attached hydrogens (tertiary/aromatic N) is 4. The van der Waals surface area contributed by atoms with E-state index in [0.29, 0.717) is 49.1 Å². The molecule has 0 unspecified atom stereocenters. The normalized spacial score (nSPS) is 14.5. The topological polar surface area (TPSA) is 83.9 Å². The number of hydrogen-bond acceptors (Lipinski definition) is 5. The predicted molar refractivity (Wildman–Crippen MR) is 114 cm³/mol. The van der Waals surface area contributed by atoms with Gasteiger partial charge < -0.3 is 19.7 Å². The van der Waals surface area contributed by atoms with Gasteiger partial charge in [-0.25, -0.2) is 9.97 Å². The Labute approximate surface area is 170 Å². The van der Waals surface area contributed by atoms with E-state index in [1.165, 1.54) is 0 Å². The van der Waals surface area contributed by atoms with Gasteiger partial charge in [-0.15, -0.1) is 0 Å². The van der Waals surface area contributed by atoms with Crippen molar-refractivity contribution in [3.8, 4) is 5.75 Å². The standard InChI is InChI=1S/C19H24N6O2S/c1-13-12-14(2)21-17(20-13)23-18(25-8-10-27-11-9-25)24-19(28)22-15-6-4-5-7-16(15)26-3/h4-7,12H,8-11H2,1-3H3,(H2,20,21,22,23,24,28). The molecule has 1 aliphatic heterocycles. The van der Waals surface area contributed by atoms with Gasteiger partial charge in [-0.2, -0.15) is 4.99 Å². The number of aliphatic imine (C=N–C) groups is 1. The van der Waals surface area contributed by atoms with Gasteiger partial charge in [0, 0.05) is 24.5 Å². The van der Waals surface area contributed by atoms with Gasteiger partial charge in [-0.1, -0.05) is 12.1 Å². The zero-order chi connectivity index (χ0) is 19.9. The first-order valence-electron chi connectivity index (χ1n) is 9.00. The zero-order valence-corrected chi connectivity index (χ0v) is 17.0. The molecule has 2 heterocycles. The molecule has 2 N–H and O–H groups in total. The summed E-state index contributed by atoms with van der Waals surface area (Å²) in [6.45, 7) is 6.52. The molecule has 0 saturated carbocycles. The molecule has 1 fully saturated rings. The lowest BCUT2D eigenvalue weighted by molar-refractivity contribution is 0.0680. The van der Waals surface area contributed by atoms with Crippen molar-refractivity contribution in [1.29, 1.82) is 0 Å². The first kappa shape index (κ1) is 20.0. The Hall–Kier alpha value is -2.78. The number of ether oxygens (including phenoxy) is 2. The predicted octanol–water partition coefficient (Wildman–Crippen LogP) is 2.60. The van der Waals surface area contributed by atoms with E-state index in [2.05, 4.69) is 30.5 Å². The van der Waals surface area contributed by atoms with E-state index in [0.717, 1.165) is 17.1 Å². The Morgan fingerprint density at radius 2 is 1.82 bits per heavy atom. The third kappa shape index (κ3) is 5.37. The summed E-state index contributed by atoms with van der Waals surface area (Å²) in [4.78, 5) is 15.5. The highest BCUT2D eigenvalue weighted by atomic mass is 32.1. The molecule has 0 amide bonds. The molecule has 0 aliphatic carbocycles. The summed E-state index contributed by atoms with van der Waals surface area (Å²) in [5.74, 6) is 1.77. The average Bonchev–Trinajstić information content (AvgIpc) is 2.68. The van der Waals surface area contributed by atoms with E-state index in [-0.39, 0.29) is 0 Å². The van der Waals surface area contributed by atoms with Gasteiger partial charge in [0.1, 0.15) is 5.75 Å². The highest BCUT2D eigenvalue weighted by molar-refractivity contribution is 7.80. The van der Waals surface area contributed by atoms with Gasteiger partial charge in [-0.05, 0) is 44.3 Å². The fourth-order valence-electron chi connectivity index (χ4n) is 2.82. The number of guanidine groups is 1. The van der Waals surface area contributed by atoms with Crippen LogP contribution in [0, 0.1) is 13.8 Å². The Morgan fingerprint density at radius 1 is 1.14 bits per heavy atom. The summed E-state index contributed by atoms with van der Waals surface area (Å²) in [5, 5.41) is 6.64. The van der Waals surface area contributed by atoms with Crippen LogP contribution in [0.2, 0.25) is 0 Å². The number of thiocarbonyl (C=S) groups is 1. The number of aryl methyl sites for hydroxylation is 2. The van der Waals surface area contributed by atoms with E-state index < -0.39 is 0 Å². The van der Waals surface area contributed by atoms with Crippen LogP contribution in [-0.2, 0) is 4.74 Å². The Bertz CT molecular complexity index is 847. The highest BCUT2D eigenvalue weighted by Crippen LogP contribution is 2.23. The molecule has 0 atom stereocenters. The van der Waals surface area contributed by atoms with E-state index in [4.69, 9.17) is 21.7 Å². The molecule has 28 heavy (non-hydrogen) atoms. The van der Waals surface area contributed by atoms with Crippen molar-refractivity contribution in [3.05, 3.63) is 41.7 Å². The number of rotatable bonds is 3. The van der Waals surface area contributed by atoms with Crippen molar-refractivity contribution >= 4 is 34.9 Å². The van der Waals surface area contributed by atoms with Crippen molar-refractivity contribution in [2.45, 2.75) is 13.8 Å². The quantitative estimate of drug-likeness (QED) is 0.462. The third-order valence-corrected chi connectivity index (χ3v) is 4.27. The summed E-state index contributed by atoms with van der Waals surface area (Å²) < 4.78 is 10.8. The maximum absolute atomic E-state index is 5.46. The minimum Gasteiger partial charge on any atom is -0.495 e. The lowest BCUT2D eigenvalue weighted by Gasteiger charge is -2.29. The number of aromatic nitrogens is 2. The molecule has 148 valence electrons. The minimum absolute atomic E-state index is 0.308. The summed E-state index contributed by atoms with van der Waals surface area (Å²) in [7, 11) is 1.62. The first-order chi connectivity index (χ1) is 13.5. The molecule has 0 spiro atoms. The maximum atomic E-state index is 5.46. The van der Waals surface area contributed by atoms with Crippen LogP contribution in [-0.4, -0.2) is 59.4 Å². The molecule has 1 aliphatic rings. The first-order valence-corrected chi connectivity index (χ1v) is 9.40. The molecular weight excluding hydrogens is 376 g/mol. The number of methoxy groups -OCH3 is 1. The van der Waals surface area contributed by atoms with Gasteiger partial charge in [0.2, 0.25) is 17.0 Å². The number of nitrogens with one attached hydrogen (secondary N) is 2. The van der Waals surface area contributed by atoms with Crippen molar-refractivity contribution in [3.63, 3.8) is 0 Å².